The summed E-state index contributed by atoms with van der Waals surface area (Å²) < 4.78 is 36.8. The molecular weight excluding hydrogens is 406 g/mol. The van der Waals surface area contributed by atoms with Crippen molar-refractivity contribution in [2.75, 3.05) is 13.2 Å². The van der Waals surface area contributed by atoms with Gasteiger partial charge in [-0.05, 0) is 72.8 Å². The van der Waals surface area contributed by atoms with Gasteiger partial charge in [-0.25, -0.2) is 0 Å². The van der Waals surface area contributed by atoms with E-state index in [1.165, 1.54) is 31.2 Å². The molecule has 32 heavy (non-hydrogen) atoms. The second kappa shape index (κ2) is 11.0. The molecule has 0 spiro atoms. The van der Waals surface area contributed by atoms with Crippen LogP contribution in [0.4, 0.5) is 8.78 Å². The number of ether oxygens (including phenoxy) is 2. The Balaban J connectivity index is 1.29. The van der Waals surface area contributed by atoms with Crippen molar-refractivity contribution in [2.24, 2.45) is 11.8 Å². The topological polar surface area (TPSA) is 18.5 Å². The minimum atomic E-state index is -1.64. The molecule has 0 aromatic heterocycles. The van der Waals surface area contributed by atoms with Gasteiger partial charge in [0.25, 0.3) is 6.08 Å². The third-order valence-corrected chi connectivity index (χ3v) is 6.86. The molecule has 0 unspecified atom stereocenters. The van der Waals surface area contributed by atoms with Crippen LogP contribution in [-0.4, -0.2) is 19.5 Å². The van der Waals surface area contributed by atoms with Crippen molar-refractivity contribution in [1.82, 2.24) is 0 Å². The average molecular weight is 439 g/mol. The molecule has 1 aliphatic carbocycles. The van der Waals surface area contributed by atoms with Gasteiger partial charge in [-0.3, -0.25) is 0 Å². The Kier molecular flexibility index (Phi) is 7.88. The van der Waals surface area contributed by atoms with Gasteiger partial charge in [-0.2, -0.15) is 8.78 Å². The van der Waals surface area contributed by atoms with Crippen molar-refractivity contribution >= 4 is 0 Å². The number of benzene rings is 2. The molecule has 1 saturated heterocycles. The van der Waals surface area contributed by atoms with Crippen LogP contribution in [0.3, 0.4) is 0 Å². The zero-order valence-corrected chi connectivity index (χ0v) is 18.5. The normalized spacial score (nSPS) is 25.8. The highest BCUT2D eigenvalue weighted by molar-refractivity contribution is 5.64. The Morgan fingerprint density at radius 1 is 0.875 bits per heavy atom. The molecule has 4 heteroatoms. The van der Waals surface area contributed by atoms with Crippen LogP contribution in [0.2, 0.25) is 0 Å². The Morgan fingerprint density at radius 2 is 1.47 bits per heavy atom. The summed E-state index contributed by atoms with van der Waals surface area (Å²) in [5.41, 5.74) is 4.29. The van der Waals surface area contributed by atoms with Crippen LogP contribution in [-0.2, 0) is 15.9 Å². The number of halogens is 2. The fraction of sp³-hybridized carbons (Fsp3) is 0.429. The molecule has 2 nitrogen and oxygen atoms in total. The zero-order valence-electron chi connectivity index (χ0n) is 18.5. The van der Waals surface area contributed by atoms with Gasteiger partial charge >= 0.3 is 0 Å². The van der Waals surface area contributed by atoms with Gasteiger partial charge in [0.1, 0.15) is 0 Å². The molecule has 0 atom stereocenters. The van der Waals surface area contributed by atoms with Crippen LogP contribution in [0.15, 0.2) is 73.3 Å². The molecular formula is C28H32F2O2. The van der Waals surface area contributed by atoms with Gasteiger partial charge in [0.15, 0.2) is 6.29 Å². The zero-order chi connectivity index (χ0) is 22.3. The monoisotopic (exact) mass is 438 g/mol. The number of hydrogen-bond acceptors (Lipinski definition) is 2. The van der Waals surface area contributed by atoms with Gasteiger partial charge in [-0.15, -0.1) is 6.58 Å². The molecule has 170 valence electrons. The minimum absolute atomic E-state index is 0.0607. The van der Waals surface area contributed by atoms with Crippen molar-refractivity contribution in [2.45, 2.75) is 50.7 Å². The summed E-state index contributed by atoms with van der Waals surface area (Å²) in [5.74, 6) is 1.55. The van der Waals surface area contributed by atoms with E-state index in [9.17, 15) is 8.78 Å². The van der Waals surface area contributed by atoms with E-state index in [0.717, 1.165) is 35.1 Å². The van der Waals surface area contributed by atoms with Gasteiger partial charge in [0, 0.05) is 11.8 Å². The fourth-order valence-electron chi connectivity index (χ4n) is 4.89. The molecule has 0 radical (unpaired) electrons. The lowest BCUT2D eigenvalue weighted by atomic mass is 9.80. The van der Waals surface area contributed by atoms with E-state index in [4.69, 9.17) is 9.47 Å². The molecule has 1 saturated carbocycles. The van der Waals surface area contributed by atoms with Crippen LogP contribution >= 0.6 is 0 Å². The van der Waals surface area contributed by atoms with E-state index in [2.05, 4.69) is 30.8 Å². The Bertz CT molecular complexity index is 884. The molecule has 1 aliphatic heterocycles. The number of allylic oxidation sites excluding steroid dienone is 2. The summed E-state index contributed by atoms with van der Waals surface area (Å²) in [6, 6.07) is 16.3. The number of hydrogen-bond donors (Lipinski definition) is 0. The maximum Gasteiger partial charge on any atom is 0.266 e. The predicted molar refractivity (Wildman–Crippen MR) is 125 cm³/mol. The molecule has 2 aliphatic rings. The van der Waals surface area contributed by atoms with E-state index in [1.54, 1.807) is 0 Å². The molecule has 0 N–H and O–H groups in total. The predicted octanol–water partition coefficient (Wildman–Crippen LogP) is 7.52. The molecule has 2 aromatic carbocycles. The smallest absolute Gasteiger partial charge is 0.266 e. The van der Waals surface area contributed by atoms with E-state index in [-0.39, 0.29) is 18.6 Å². The average Bonchev–Trinajstić information content (AvgIpc) is 2.84. The van der Waals surface area contributed by atoms with Crippen LogP contribution in [0.25, 0.3) is 11.1 Å². The van der Waals surface area contributed by atoms with E-state index >= 15 is 0 Å². The van der Waals surface area contributed by atoms with Gasteiger partial charge in [0.2, 0.25) is 0 Å². The van der Waals surface area contributed by atoms with Gasteiger partial charge < -0.3 is 9.47 Å². The fourth-order valence-corrected chi connectivity index (χ4v) is 4.89. The molecule has 0 bridgehead atoms. The largest absolute Gasteiger partial charge is 0.352 e. The van der Waals surface area contributed by atoms with Crippen LogP contribution in [0, 0.1) is 11.8 Å². The lowest BCUT2D eigenvalue weighted by molar-refractivity contribution is -0.217. The van der Waals surface area contributed by atoms with Crippen LogP contribution in [0.5, 0.6) is 0 Å². The first kappa shape index (κ1) is 22.9. The highest BCUT2D eigenvalue weighted by Gasteiger charge is 2.32. The van der Waals surface area contributed by atoms with Crippen LogP contribution in [0.1, 0.15) is 49.1 Å². The Hall–Kier alpha value is -2.30. The van der Waals surface area contributed by atoms with Gasteiger partial charge in [0.05, 0.1) is 13.2 Å². The first-order chi connectivity index (χ1) is 15.6. The Morgan fingerprint density at radius 3 is 2.03 bits per heavy atom. The standard InChI is InChI=1S/C28H32F2O2/c1-2-3-20-6-11-25(12-7-20)28-31-18-26(19-32-28)24-15-13-23(14-16-24)22-9-4-21(5-10-22)8-17-27(29)30/h2,4-5,9-10,13-17,20,25-26,28H,1,3,6-8,11-12,18-19H2. The van der Waals surface area contributed by atoms with Crippen LogP contribution < -0.4 is 0 Å². The first-order valence-electron chi connectivity index (χ1n) is 11.7. The minimum Gasteiger partial charge on any atom is -0.352 e. The summed E-state index contributed by atoms with van der Waals surface area (Å²) in [5, 5.41) is 0. The maximum atomic E-state index is 12.3. The van der Waals surface area contributed by atoms with Crippen molar-refractivity contribution < 1.29 is 18.3 Å². The second-order valence-corrected chi connectivity index (χ2v) is 9.05. The highest BCUT2D eigenvalue weighted by Crippen LogP contribution is 2.36. The van der Waals surface area contributed by atoms with E-state index in [0.29, 0.717) is 19.1 Å². The quantitative estimate of drug-likeness (QED) is 0.416. The molecule has 0 amide bonds. The molecule has 4 rings (SSSR count). The van der Waals surface area contributed by atoms with E-state index < -0.39 is 6.08 Å². The lowest BCUT2D eigenvalue weighted by Gasteiger charge is -2.37. The Labute approximate surface area is 189 Å². The summed E-state index contributed by atoms with van der Waals surface area (Å²) in [4.78, 5) is 0. The molecule has 2 fully saturated rings. The number of rotatable bonds is 7. The van der Waals surface area contributed by atoms with Crippen molar-refractivity contribution in [3.05, 3.63) is 84.5 Å². The summed E-state index contributed by atoms with van der Waals surface area (Å²) >= 11 is 0. The van der Waals surface area contributed by atoms with Crippen molar-refractivity contribution in [3.8, 4) is 11.1 Å². The van der Waals surface area contributed by atoms with Crippen molar-refractivity contribution in [1.29, 1.82) is 0 Å². The highest BCUT2D eigenvalue weighted by atomic mass is 19.3. The van der Waals surface area contributed by atoms with Gasteiger partial charge in [-0.1, -0.05) is 54.6 Å². The third-order valence-electron chi connectivity index (χ3n) is 6.86. The van der Waals surface area contributed by atoms with Crippen molar-refractivity contribution in [3.63, 3.8) is 0 Å². The lowest BCUT2D eigenvalue weighted by Crippen LogP contribution is -2.37. The second-order valence-electron chi connectivity index (χ2n) is 9.05. The third kappa shape index (κ3) is 5.93. The summed E-state index contributed by atoms with van der Waals surface area (Å²) in [7, 11) is 0. The first-order valence-corrected chi connectivity index (χ1v) is 11.7. The SMILES string of the molecule is C=CCC1CCC(C2OCC(c3ccc(-c4ccc(CC=C(F)F)cc4)cc3)CO2)CC1. The summed E-state index contributed by atoms with van der Waals surface area (Å²) in [6.45, 7) is 5.26. The molecule has 1 heterocycles. The maximum absolute atomic E-state index is 12.3. The van der Waals surface area contributed by atoms with E-state index in [1.807, 2.05) is 30.3 Å². The molecule has 2 aromatic rings. The summed E-state index contributed by atoms with van der Waals surface area (Å²) in [6.07, 6.45) is 7.51.